The number of ether oxygens (including phenoxy) is 1. The quantitative estimate of drug-likeness (QED) is 0.721. The average Bonchev–Trinajstić information content (AvgIpc) is 2.91. The van der Waals surface area contributed by atoms with Crippen LogP contribution < -0.4 is 10.2 Å². The van der Waals surface area contributed by atoms with Crippen molar-refractivity contribution in [2.45, 2.75) is 13.3 Å². The van der Waals surface area contributed by atoms with Gasteiger partial charge in [-0.15, -0.1) is 0 Å². The van der Waals surface area contributed by atoms with E-state index >= 15 is 0 Å². The van der Waals surface area contributed by atoms with Crippen molar-refractivity contribution in [1.82, 2.24) is 19.6 Å². The Hall–Kier alpha value is -1.25. The van der Waals surface area contributed by atoms with Crippen molar-refractivity contribution in [3.8, 4) is 0 Å². The Bertz CT molecular complexity index is 446. The summed E-state index contributed by atoms with van der Waals surface area (Å²) < 4.78 is 9.16. The minimum Gasteiger partial charge on any atom is -0.385 e. The van der Waals surface area contributed by atoms with Crippen LogP contribution in [-0.2, 0) is 9.53 Å². The van der Waals surface area contributed by atoms with Gasteiger partial charge in [-0.2, -0.15) is 4.37 Å². The lowest BCUT2D eigenvalue weighted by atomic mass is 10.3. The predicted molar refractivity (Wildman–Crippen MR) is 82.8 cm³/mol. The molecule has 21 heavy (non-hydrogen) atoms. The van der Waals surface area contributed by atoms with Crippen molar-refractivity contribution in [2.75, 3.05) is 57.9 Å². The second-order valence-corrected chi connectivity index (χ2v) is 5.81. The van der Waals surface area contributed by atoms with Gasteiger partial charge in [-0.05, 0) is 13.3 Å². The van der Waals surface area contributed by atoms with Crippen LogP contribution in [0.4, 0.5) is 5.13 Å². The van der Waals surface area contributed by atoms with Crippen LogP contribution in [0.15, 0.2) is 0 Å². The lowest BCUT2D eigenvalue weighted by Crippen LogP contribution is -2.49. The summed E-state index contributed by atoms with van der Waals surface area (Å²) in [4.78, 5) is 20.6. The van der Waals surface area contributed by atoms with E-state index < -0.39 is 0 Å². The number of piperazine rings is 1. The number of rotatable bonds is 7. The van der Waals surface area contributed by atoms with Gasteiger partial charge < -0.3 is 15.0 Å². The molecule has 118 valence electrons. The summed E-state index contributed by atoms with van der Waals surface area (Å²) in [6.07, 6.45) is 0.854. The Morgan fingerprint density at radius 3 is 2.76 bits per heavy atom. The Labute approximate surface area is 129 Å². The van der Waals surface area contributed by atoms with Gasteiger partial charge in [0.15, 0.2) is 0 Å². The predicted octanol–water partition coefficient (Wildman–Crippen LogP) is 0.121. The minimum atomic E-state index is 0.0892. The topological polar surface area (TPSA) is 70.6 Å². The molecule has 1 aliphatic heterocycles. The molecule has 0 aromatic carbocycles. The number of aryl methyl sites for hydroxylation is 1. The molecule has 0 radical (unpaired) electrons. The van der Waals surface area contributed by atoms with Crippen LogP contribution in [0.5, 0.6) is 0 Å². The van der Waals surface area contributed by atoms with Crippen molar-refractivity contribution in [3.63, 3.8) is 0 Å². The number of carbonyl (C=O) groups is 1. The number of hydrogen-bond donors (Lipinski definition) is 1. The van der Waals surface area contributed by atoms with Crippen LogP contribution in [0.1, 0.15) is 12.2 Å². The lowest BCUT2D eigenvalue weighted by molar-refractivity contribution is -0.122. The molecule has 1 aromatic heterocycles. The van der Waals surface area contributed by atoms with Gasteiger partial charge in [-0.1, -0.05) is 0 Å². The highest BCUT2D eigenvalue weighted by atomic mass is 32.1. The Kier molecular flexibility index (Phi) is 6.34. The lowest BCUT2D eigenvalue weighted by Gasteiger charge is -2.33. The normalized spacial score (nSPS) is 16.2. The van der Waals surface area contributed by atoms with Gasteiger partial charge in [-0.25, -0.2) is 4.98 Å². The second kappa shape index (κ2) is 8.26. The van der Waals surface area contributed by atoms with E-state index in [9.17, 15) is 4.79 Å². The molecule has 1 amide bonds. The van der Waals surface area contributed by atoms with Crippen molar-refractivity contribution < 1.29 is 9.53 Å². The summed E-state index contributed by atoms with van der Waals surface area (Å²) in [7, 11) is 1.67. The van der Waals surface area contributed by atoms with Gasteiger partial charge in [0, 0.05) is 58.0 Å². The van der Waals surface area contributed by atoms with Gasteiger partial charge in [0.2, 0.25) is 11.0 Å². The fourth-order valence-corrected chi connectivity index (χ4v) is 2.94. The first-order valence-corrected chi connectivity index (χ1v) is 7.99. The van der Waals surface area contributed by atoms with Crippen LogP contribution in [0.25, 0.3) is 0 Å². The molecule has 2 rings (SSSR count). The molecular formula is C13H23N5O2S. The number of aromatic nitrogens is 2. The zero-order chi connectivity index (χ0) is 15.1. The largest absolute Gasteiger partial charge is 0.385 e. The highest BCUT2D eigenvalue weighted by Crippen LogP contribution is 2.18. The molecule has 0 unspecified atom stereocenters. The van der Waals surface area contributed by atoms with Gasteiger partial charge in [0.05, 0.1) is 6.54 Å². The van der Waals surface area contributed by atoms with E-state index in [1.54, 1.807) is 7.11 Å². The molecule has 1 aliphatic rings. The Balaban J connectivity index is 1.65. The van der Waals surface area contributed by atoms with Crippen LogP contribution in [0, 0.1) is 6.92 Å². The molecule has 7 nitrogen and oxygen atoms in total. The number of hydrogen-bond acceptors (Lipinski definition) is 7. The fourth-order valence-electron chi connectivity index (χ4n) is 2.22. The zero-order valence-corrected chi connectivity index (χ0v) is 13.5. The van der Waals surface area contributed by atoms with Gasteiger partial charge in [0.25, 0.3) is 0 Å². The maximum absolute atomic E-state index is 11.8. The Morgan fingerprint density at radius 1 is 1.38 bits per heavy atom. The first-order chi connectivity index (χ1) is 10.2. The summed E-state index contributed by atoms with van der Waals surface area (Å²) in [5, 5.41) is 3.90. The van der Waals surface area contributed by atoms with Gasteiger partial charge in [-0.3, -0.25) is 9.69 Å². The van der Waals surface area contributed by atoms with E-state index in [1.165, 1.54) is 11.5 Å². The van der Waals surface area contributed by atoms with Crippen molar-refractivity contribution >= 4 is 22.6 Å². The molecule has 0 aliphatic carbocycles. The number of nitrogens with one attached hydrogen (secondary N) is 1. The molecule has 1 fully saturated rings. The summed E-state index contributed by atoms with van der Waals surface area (Å²) in [6.45, 7) is 7.28. The molecule has 2 heterocycles. The highest BCUT2D eigenvalue weighted by molar-refractivity contribution is 7.09. The van der Waals surface area contributed by atoms with Crippen LogP contribution in [-0.4, -0.2) is 73.1 Å². The number of carbonyl (C=O) groups excluding carboxylic acids is 1. The van der Waals surface area contributed by atoms with E-state index in [0.717, 1.165) is 43.6 Å². The van der Waals surface area contributed by atoms with Crippen molar-refractivity contribution in [1.29, 1.82) is 0 Å². The maximum Gasteiger partial charge on any atom is 0.234 e. The Morgan fingerprint density at radius 2 is 2.14 bits per heavy atom. The third kappa shape index (κ3) is 5.22. The molecule has 0 atom stereocenters. The van der Waals surface area contributed by atoms with E-state index in [0.29, 0.717) is 19.7 Å². The third-order valence-electron chi connectivity index (χ3n) is 3.37. The third-order valence-corrected chi connectivity index (χ3v) is 4.24. The molecule has 0 spiro atoms. The molecule has 1 aromatic rings. The highest BCUT2D eigenvalue weighted by Gasteiger charge is 2.20. The minimum absolute atomic E-state index is 0.0892. The van der Waals surface area contributed by atoms with Crippen LogP contribution in [0.2, 0.25) is 0 Å². The van der Waals surface area contributed by atoms with Crippen LogP contribution >= 0.6 is 11.5 Å². The standard InChI is InChI=1S/C13H23N5O2S/c1-11-15-13(21-16-11)18-7-5-17(6-8-18)10-12(19)14-4-3-9-20-2/h3-10H2,1-2H3,(H,14,19). The molecule has 8 heteroatoms. The average molecular weight is 313 g/mol. The molecule has 1 saturated heterocycles. The van der Waals surface area contributed by atoms with Crippen molar-refractivity contribution in [2.24, 2.45) is 0 Å². The van der Waals surface area contributed by atoms with E-state index in [2.05, 4.69) is 24.5 Å². The SMILES string of the molecule is COCCCNC(=O)CN1CCN(c2nc(C)ns2)CC1. The first-order valence-electron chi connectivity index (χ1n) is 7.22. The number of anilines is 1. The monoisotopic (exact) mass is 313 g/mol. The molecule has 0 bridgehead atoms. The summed E-state index contributed by atoms with van der Waals surface area (Å²) in [6, 6.07) is 0. The van der Waals surface area contributed by atoms with Crippen molar-refractivity contribution in [3.05, 3.63) is 5.82 Å². The van der Waals surface area contributed by atoms with E-state index in [-0.39, 0.29) is 5.91 Å². The number of nitrogens with zero attached hydrogens (tertiary/aromatic N) is 4. The van der Waals surface area contributed by atoms with Crippen LogP contribution in [0.3, 0.4) is 0 Å². The second-order valence-electron chi connectivity index (χ2n) is 5.08. The molecule has 1 N–H and O–H groups in total. The van der Waals surface area contributed by atoms with Gasteiger partial charge in [0.1, 0.15) is 5.82 Å². The summed E-state index contributed by atoms with van der Waals surface area (Å²) >= 11 is 1.44. The van der Waals surface area contributed by atoms with Gasteiger partial charge >= 0.3 is 0 Å². The fraction of sp³-hybridized carbons (Fsp3) is 0.769. The summed E-state index contributed by atoms with van der Waals surface area (Å²) in [5.41, 5.74) is 0. The number of amides is 1. The van der Waals surface area contributed by atoms with E-state index in [4.69, 9.17) is 4.74 Å². The van der Waals surface area contributed by atoms with E-state index in [1.807, 2.05) is 6.92 Å². The zero-order valence-electron chi connectivity index (χ0n) is 12.7. The molecule has 0 saturated carbocycles. The first kappa shape index (κ1) is 16.1. The summed E-state index contributed by atoms with van der Waals surface area (Å²) in [5.74, 6) is 0.916. The smallest absolute Gasteiger partial charge is 0.234 e. The molecular weight excluding hydrogens is 290 g/mol. The maximum atomic E-state index is 11.8. The number of methoxy groups -OCH3 is 1.